The van der Waals surface area contributed by atoms with Crippen LogP contribution in [0.2, 0.25) is 0 Å². The summed E-state index contributed by atoms with van der Waals surface area (Å²) < 4.78 is 0. The van der Waals surface area contributed by atoms with Crippen molar-refractivity contribution in [3.8, 4) is 0 Å². The fraction of sp³-hybridized carbons (Fsp3) is 0.188. The van der Waals surface area contributed by atoms with Gasteiger partial charge in [-0.3, -0.25) is 0 Å². The lowest BCUT2D eigenvalue weighted by molar-refractivity contribution is 1.32. The first-order chi connectivity index (χ1) is 7.75. The molecule has 0 fully saturated rings. The zero-order valence-corrected chi connectivity index (χ0v) is 9.83. The van der Waals surface area contributed by atoms with Gasteiger partial charge in [0.05, 0.1) is 0 Å². The van der Waals surface area contributed by atoms with Crippen LogP contribution < -0.4 is 0 Å². The molecule has 2 rings (SSSR count). The maximum atomic E-state index is 3.22. The molecule has 1 aliphatic rings. The SMILES string of the molecule is C/C1=C/C/C=C(/c2cccc(C)c2)C=C=C1. The van der Waals surface area contributed by atoms with Gasteiger partial charge in [-0.2, -0.15) is 0 Å². The second-order valence-electron chi connectivity index (χ2n) is 4.17. The Bertz CT molecular complexity index is 507. The van der Waals surface area contributed by atoms with Gasteiger partial charge in [0.25, 0.3) is 0 Å². The minimum absolute atomic E-state index is 0.990. The highest BCUT2D eigenvalue weighted by molar-refractivity contribution is 5.74. The van der Waals surface area contributed by atoms with Gasteiger partial charge < -0.3 is 0 Å². The summed E-state index contributed by atoms with van der Waals surface area (Å²) in [5.41, 5.74) is 8.31. The Kier molecular flexibility index (Phi) is 3.24. The van der Waals surface area contributed by atoms with E-state index in [-0.39, 0.29) is 0 Å². The van der Waals surface area contributed by atoms with Crippen molar-refractivity contribution in [3.63, 3.8) is 0 Å². The normalized spacial score (nSPS) is 21.6. The van der Waals surface area contributed by atoms with E-state index in [1.807, 2.05) is 6.08 Å². The predicted octanol–water partition coefficient (Wildman–Crippen LogP) is 4.44. The van der Waals surface area contributed by atoms with E-state index in [4.69, 9.17) is 0 Å². The van der Waals surface area contributed by atoms with Crippen molar-refractivity contribution >= 4 is 5.57 Å². The molecule has 1 aromatic carbocycles. The molecule has 0 amide bonds. The lowest BCUT2D eigenvalue weighted by Gasteiger charge is -2.04. The van der Waals surface area contributed by atoms with Crippen LogP contribution in [0.4, 0.5) is 0 Å². The van der Waals surface area contributed by atoms with E-state index in [1.165, 1.54) is 22.3 Å². The molecular weight excluding hydrogens is 192 g/mol. The maximum absolute atomic E-state index is 3.22. The van der Waals surface area contributed by atoms with Crippen LogP contribution in [0.5, 0.6) is 0 Å². The number of allylic oxidation sites excluding steroid dienone is 5. The fourth-order valence-corrected chi connectivity index (χ4v) is 1.78. The third-order valence-corrected chi connectivity index (χ3v) is 2.68. The lowest BCUT2D eigenvalue weighted by atomic mass is 10.0. The molecule has 0 saturated carbocycles. The Balaban J connectivity index is 2.36. The Hall–Kier alpha value is -1.78. The minimum Gasteiger partial charge on any atom is -0.120 e. The summed E-state index contributed by atoms with van der Waals surface area (Å²) in [4.78, 5) is 0. The molecule has 0 heterocycles. The van der Waals surface area contributed by atoms with Crippen LogP contribution in [-0.4, -0.2) is 0 Å². The van der Waals surface area contributed by atoms with Crippen LogP contribution in [0, 0.1) is 6.92 Å². The monoisotopic (exact) mass is 208 g/mol. The smallest absolute Gasteiger partial charge is 0.0124 e. The second-order valence-corrected chi connectivity index (χ2v) is 4.17. The molecule has 0 unspecified atom stereocenters. The van der Waals surface area contributed by atoms with Crippen LogP contribution >= 0.6 is 0 Å². The fourth-order valence-electron chi connectivity index (χ4n) is 1.78. The zero-order valence-electron chi connectivity index (χ0n) is 9.83. The topological polar surface area (TPSA) is 0 Å². The Morgan fingerprint density at radius 3 is 2.75 bits per heavy atom. The van der Waals surface area contributed by atoms with Crippen molar-refractivity contribution < 1.29 is 0 Å². The number of benzene rings is 1. The molecule has 0 atom stereocenters. The van der Waals surface area contributed by atoms with Gasteiger partial charge in [-0.05, 0) is 49.1 Å². The third-order valence-electron chi connectivity index (χ3n) is 2.68. The summed E-state index contributed by atoms with van der Waals surface area (Å²) >= 11 is 0. The van der Waals surface area contributed by atoms with Crippen LogP contribution in [-0.2, 0) is 0 Å². The van der Waals surface area contributed by atoms with Crippen molar-refractivity contribution in [1.29, 1.82) is 0 Å². The van der Waals surface area contributed by atoms with Crippen LogP contribution in [0.15, 0.2) is 59.9 Å². The highest BCUT2D eigenvalue weighted by Crippen LogP contribution is 2.19. The Labute approximate surface area is 97.3 Å². The third kappa shape index (κ3) is 2.62. The van der Waals surface area contributed by atoms with Gasteiger partial charge in [-0.15, -0.1) is 5.73 Å². The zero-order chi connectivity index (χ0) is 11.4. The van der Waals surface area contributed by atoms with E-state index >= 15 is 0 Å². The van der Waals surface area contributed by atoms with Gasteiger partial charge in [-0.1, -0.05) is 42.0 Å². The highest BCUT2D eigenvalue weighted by atomic mass is 14.0. The van der Waals surface area contributed by atoms with Gasteiger partial charge in [-0.25, -0.2) is 0 Å². The van der Waals surface area contributed by atoms with E-state index in [0.717, 1.165) is 6.42 Å². The van der Waals surface area contributed by atoms with Gasteiger partial charge in [0.2, 0.25) is 0 Å². The van der Waals surface area contributed by atoms with Crippen LogP contribution in [0.25, 0.3) is 5.57 Å². The molecule has 0 N–H and O–H groups in total. The van der Waals surface area contributed by atoms with Gasteiger partial charge >= 0.3 is 0 Å². The standard InChI is InChI=1S/C16H16/c1-13-6-3-9-15(10-4-7-13)16-11-5-8-14(2)12-16/h5-12H,3H2,1-2H3/b13-6-,15-9+. The summed E-state index contributed by atoms with van der Waals surface area (Å²) in [5, 5.41) is 0. The van der Waals surface area contributed by atoms with E-state index in [0.29, 0.717) is 0 Å². The van der Waals surface area contributed by atoms with Crippen molar-refractivity contribution in [3.05, 3.63) is 71.0 Å². The van der Waals surface area contributed by atoms with Crippen molar-refractivity contribution in [2.45, 2.75) is 20.3 Å². The molecule has 0 nitrogen and oxygen atoms in total. The molecule has 1 aromatic rings. The van der Waals surface area contributed by atoms with Crippen LogP contribution in [0.3, 0.4) is 0 Å². The molecule has 0 heteroatoms. The first kappa shape index (κ1) is 10.7. The van der Waals surface area contributed by atoms with Crippen molar-refractivity contribution in [2.75, 3.05) is 0 Å². The minimum atomic E-state index is 0.990. The van der Waals surface area contributed by atoms with E-state index < -0.39 is 0 Å². The molecule has 0 saturated heterocycles. The van der Waals surface area contributed by atoms with E-state index in [2.05, 4.69) is 62.1 Å². The summed E-state index contributed by atoms with van der Waals surface area (Å²) in [5.74, 6) is 0. The van der Waals surface area contributed by atoms with Gasteiger partial charge in [0.15, 0.2) is 0 Å². The summed E-state index contributed by atoms with van der Waals surface area (Å²) in [6.45, 7) is 4.23. The Morgan fingerprint density at radius 2 is 1.94 bits per heavy atom. The summed E-state index contributed by atoms with van der Waals surface area (Å²) in [6.07, 6.45) is 9.55. The lowest BCUT2D eigenvalue weighted by Crippen LogP contribution is -1.83. The predicted molar refractivity (Wildman–Crippen MR) is 70.2 cm³/mol. The average Bonchev–Trinajstić information content (AvgIpc) is 2.23. The first-order valence-electron chi connectivity index (χ1n) is 5.62. The molecule has 0 aromatic heterocycles. The molecule has 0 bridgehead atoms. The van der Waals surface area contributed by atoms with Crippen molar-refractivity contribution in [1.82, 2.24) is 0 Å². The average molecular weight is 208 g/mol. The molecule has 0 spiro atoms. The number of rotatable bonds is 1. The first-order valence-corrected chi connectivity index (χ1v) is 5.62. The van der Waals surface area contributed by atoms with E-state index in [1.54, 1.807) is 0 Å². The maximum Gasteiger partial charge on any atom is -0.0124 e. The number of hydrogen-bond donors (Lipinski definition) is 0. The quantitative estimate of drug-likeness (QED) is 0.598. The molecule has 16 heavy (non-hydrogen) atoms. The second kappa shape index (κ2) is 4.83. The number of aryl methyl sites for hydroxylation is 1. The number of hydrogen-bond acceptors (Lipinski definition) is 0. The molecule has 80 valence electrons. The highest BCUT2D eigenvalue weighted by Gasteiger charge is 1.98. The van der Waals surface area contributed by atoms with Gasteiger partial charge in [0.1, 0.15) is 0 Å². The molecular formula is C16H16. The molecule has 0 radical (unpaired) electrons. The summed E-state index contributed by atoms with van der Waals surface area (Å²) in [6, 6.07) is 8.58. The van der Waals surface area contributed by atoms with Gasteiger partial charge in [0, 0.05) is 0 Å². The summed E-state index contributed by atoms with van der Waals surface area (Å²) in [7, 11) is 0. The Morgan fingerprint density at radius 1 is 1.06 bits per heavy atom. The largest absolute Gasteiger partial charge is 0.120 e. The van der Waals surface area contributed by atoms with Crippen LogP contribution in [0.1, 0.15) is 24.5 Å². The van der Waals surface area contributed by atoms with Crippen molar-refractivity contribution in [2.24, 2.45) is 0 Å². The van der Waals surface area contributed by atoms with E-state index in [9.17, 15) is 0 Å². The molecule has 1 aliphatic carbocycles. The molecule has 0 aliphatic heterocycles.